The molecule has 0 aliphatic heterocycles. The van der Waals surface area contributed by atoms with Crippen LogP contribution < -0.4 is 5.32 Å². The van der Waals surface area contributed by atoms with Crippen LogP contribution in [0.25, 0.3) is 0 Å². The molecule has 19 heavy (non-hydrogen) atoms. The molecule has 1 aromatic heterocycles. The average Bonchev–Trinajstić information content (AvgIpc) is 2.42. The van der Waals surface area contributed by atoms with Crippen molar-refractivity contribution in [3.05, 3.63) is 18.3 Å². The first kappa shape index (κ1) is 15.4. The lowest BCUT2D eigenvalue weighted by atomic mass is 10.4. The van der Waals surface area contributed by atoms with Gasteiger partial charge in [-0.15, -0.1) is 0 Å². The first-order valence-corrected chi connectivity index (χ1v) is 7.50. The van der Waals surface area contributed by atoms with Crippen molar-refractivity contribution in [1.29, 1.82) is 5.26 Å². The Hall–Kier alpha value is -1.65. The molecule has 0 atom stereocenters. The van der Waals surface area contributed by atoms with E-state index in [0.29, 0.717) is 12.4 Å². The fourth-order valence-electron chi connectivity index (χ4n) is 1.47. The van der Waals surface area contributed by atoms with Crippen LogP contribution in [0.15, 0.2) is 23.2 Å². The van der Waals surface area contributed by atoms with E-state index < -0.39 is 10.0 Å². The largest absolute Gasteiger partial charge is 0.369 e. The molecular formula is C12H18N4O2S. The molecule has 0 fully saturated rings. The number of rotatable bonds is 7. The lowest BCUT2D eigenvalue weighted by Gasteiger charge is -2.17. The van der Waals surface area contributed by atoms with Crippen LogP contribution in [0, 0.1) is 11.3 Å². The van der Waals surface area contributed by atoms with E-state index >= 15 is 0 Å². The van der Waals surface area contributed by atoms with Crippen molar-refractivity contribution in [2.24, 2.45) is 0 Å². The predicted molar refractivity (Wildman–Crippen MR) is 73.1 cm³/mol. The highest BCUT2D eigenvalue weighted by Crippen LogP contribution is 2.21. The predicted octanol–water partition coefficient (Wildman–Crippen LogP) is 1.44. The second-order valence-corrected chi connectivity index (χ2v) is 6.02. The minimum absolute atomic E-state index is 0.142. The monoisotopic (exact) mass is 282 g/mol. The number of pyridine rings is 1. The average molecular weight is 282 g/mol. The molecule has 1 N–H and O–H groups in total. The van der Waals surface area contributed by atoms with E-state index in [4.69, 9.17) is 5.26 Å². The van der Waals surface area contributed by atoms with Gasteiger partial charge < -0.3 is 5.32 Å². The molecule has 0 bridgehead atoms. The van der Waals surface area contributed by atoms with Gasteiger partial charge in [-0.1, -0.05) is 6.92 Å². The van der Waals surface area contributed by atoms with Crippen molar-refractivity contribution in [2.75, 3.05) is 25.5 Å². The van der Waals surface area contributed by atoms with Crippen LogP contribution in [0.2, 0.25) is 0 Å². The summed E-state index contributed by atoms with van der Waals surface area (Å²) in [4.78, 5) is 4.21. The van der Waals surface area contributed by atoms with Gasteiger partial charge in [0.1, 0.15) is 10.7 Å². The number of nitriles is 1. The molecule has 0 aromatic carbocycles. The molecule has 104 valence electrons. The van der Waals surface area contributed by atoms with Gasteiger partial charge in [0, 0.05) is 32.8 Å². The van der Waals surface area contributed by atoms with Gasteiger partial charge in [0.05, 0.1) is 6.07 Å². The zero-order chi connectivity index (χ0) is 14.3. The van der Waals surface area contributed by atoms with Crippen molar-refractivity contribution >= 4 is 15.8 Å². The van der Waals surface area contributed by atoms with Gasteiger partial charge in [-0.25, -0.2) is 13.4 Å². The van der Waals surface area contributed by atoms with Gasteiger partial charge in [0.2, 0.25) is 10.0 Å². The number of aromatic nitrogens is 1. The van der Waals surface area contributed by atoms with Crippen LogP contribution in [0.3, 0.4) is 0 Å². The summed E-state index contributed by atoms with van der Waals surface area (Å²) >= 11 is 0. The third-order valence-electron chi connectivity index (χ3n) is 2.54. The quantitative estimate of drug-likeness (QED) is 0.817. The molecule has 0 unspecified atom stereocenters. The maximum atomic E-state index is 12.4. The summed E-state index contributed by atoms with van der Waals surface area (Å²) in [5.41, 5.74) is 0. The van der Waals surface area contributed by atoms with Crippen LogP contribution in [-0.4, -0.2) is 37.8 Å². The molecule has 0 saturated carbocycles. The Balaban J connectivity index is 3.04. The summed E-state index contributed by atoms with van der Waals surface area (Å²) in [6.07, 6.45) is 2.58. The van der Waals surface area contributed by atoms with Crippen molar-refractivity contribution in [3.8, 4) is 6.07 Å². The normalized spacial score (nSPS) is 11.3. The first-order chi connectivity index (χ1) is 9.04. The lowest BCUT2D eigenvalue weighted by molar-refractivity contribution is 0.476. The first-order valence-electron chi connectivity index (χ1n) is 6.06. The van der Waals surface area contributed by atoms with Crippen LogP contribution >= 0.6 is 0 Å². The third-order valence-corrected chi connectivity index (χ3v) is 4.43. The molecule has 0 saturated heterocycles. The zero-order valence-corrected chi connectivity index (χ0v) is 11.9. The summed E-state index contributed by atoms with van der Waals surface area (Å²) in [5.74, 6) is 0.355. The fraction of sp³-hybridized carbons (Fsp3) is 0.500. The van der Waals surface area contributed by atoms with Gasteiger partial charge in [-0.3, -0.25) is 0 Å². The molecule has 1 heterocycles. The maximum absolute atomic E-state index is 12.4. The highest BCUT2D eigenvalue weighted by atomic mass is 32.2. The van der Waals surface area contributed by atoms with E-state index in [1.54, 1.807) is 12.3 Å². The minimum Gasteiger partial charge on any atom is -0.369 e. The summed E-state index contributed by atoms with van der Waals surface area (Å²) in [6.45, 7) is 2.81. The molecule has 1 aromatic rings. The Morgan fingerprint density at radius 1 is 1.53 bits per heavy atom. The van der Waals surface area contributed by atoms with Crippen molar-refractivity contribution in [3.63, 3.8) is 0 Å². The summed E-state index contributed by atoms with van der Waals surface area (Å²) in [7, 11) is -2.15. The van der Waals surface area contributed by atoms with Gasteiger partial charge in [0.25, 0.3) is 0 Å². The Morgan fingerprint density at radius 3 is 2.89 bits per heavy atom. The molecule has 0 amide bonds. The molecule has 0 spiro atoms. The molecule has 6 nitrogen and oxygen atoms in total. The topological polar surface area (TPSA) is 86.1 Å². The summed E-state index contributed by atoms with van der Waals surface area (Å²) < 4.78 is 25.9. The highest BCUT2D eigenvalue weighted by Gasteiger charge is 2.24. The Morgan fingerprint density at radius 2 is 2.26 bits per heavy atom. The molecule has 0 aliphatic carbocycles. The second kappa shape index (κ2) is 7.07. The number of hydrogen-bond donors (Lipinski definition) is 1. The van der Waals surface area contributed by atoms with E-state index in [0.717, 1.165) is 6.42 Å². The Kier molecular flexibility index (Phi) is 5.73. The van der Waals surface area contributed by atoms with Crippen LogP contribution in [0.1, 0.15) is 19.8 Å². The summed E-state index contributed by atoms with van der Waals surface area (Å²) in [5, 5.41) is 11.5. The van der Waals surface area contributed by atoms with Gasteiger partial charge in [-0.2, -0.15) is 9.57 Å². The molecule has 7 heteroatoms. The molecule has 1 rings (SSSR count). The SMILES string of the molecule is CCCNc1ncccc1S(=O)(=O)N(C)CCC#N. The fourth-order valence-corrected chi connectivity index (χ4v) is 2.76. The van der Waals surface area contributed by atoms with E-state index in [1.165, 1.54) is 17.4 Å². The zero-order valence-electron chi connectivity index (χ0n) is 11.1. The third kappa shape index (κ3) is 3.91. The van der Waals surface area contributed by atoms with Gasteiger partial charge in [0.15, 0.2) is 0 Å². The molecule has 0 aliphatic rings. The van der Waals surface area contributed by atoms with Crippen LogP contribution in [0.5, 0.6) is 0 Å². The van der Waals surface area contributed by atoms with Crippen LogP contribution in [-0.2, 0) is 10.0 Å². The Labute approximate surface area is 114 Å². The summed E-state index contributed by atoms with van der Waals surface area (Å²) in [6, 6.07) is 5.04. The highest BCUT2D eigenvalue weighted by molar-refractivity contribution is 7.89. The van der Waals surface area contributed by atoms with E-state index in [9.17, 15) is 8.42 Å². The Bertz CT molecular complexity index is 551. The van der Waals surface area contributed by atoms with Crippen LogP contribution in [0.4, 0.5) is 5.82 Å². The van der Waals surface area contributed by atoms with E-state index in [2.05, 4.69) is 10.3 Å². The number of sulfonamides is 1. The smallest absolute Gasteiger partial charge is 0.246 e. The number of anilines is 1. The van der Waals surface area contributed by atoms with Gasteiger partial charge >= 0.3 is 0 Å². The molecule has 0 radical (unpaired) electrons. The minimum atomic E-state index is -3.62. The number of hydrogen-bond acceptors (Lipinski definition) is 5. The molecular weight excluding hydrogens is 264 g/mol. The van der Waals surface area contributed by atoms with Gasteiger partial charge in [-0.05, 0) is 18.6 Å². The van der Waals surface area contributed by atoms with Crippen molar-refractivity contribution < 1.29 is 8.42 Å². The van der Waals surface area contributed by atoms with E-state index in [-0.39, 0.29) is 17.9 Å². The van der Waals surface area contributed by atoms with Crippen molar-refractivity contribution in [1.82, 2.24) is 9.29 Å². The lowest BCUT2D eigenvalue weighted by Crippen LogP contribution is -2.28. The van der Waals surface area contributed by atoms with Crippen molar-refractivity contribution in [2.45, 2.75) is 24.7 Å². The number of nitrogens with zero attached hydrogens (tertiary/aromatic N) is 3. The van der Waals surface area contributed by atoms with E-state index in [1.807, 2.05) is 13.0 Å². The second-order valence-electron chi connectivity index (χ2n) is 4.01. The number of nitrogens with one attached hydrogen (secondary N) is 1. The standard InChI is InChI=1S/C12H18N4O2S/c1-3-8-14-12-11(6-4-9-15-12)19(17,18)16(2)10-5-7-13/h4,6,9H,3,5,8,10H2,1-2H3,(H,14,15). The maximum Gasteiger partial charge on any atom is 0.246 e.